The van der Waals surface area contributed by atoms with Crippen molar-refractivity contribution < 1.29 is 13.2 Å². The average molecular weight is 485 g/mol. The topological polar surface area (TPSA) is 75.3 Å². The van der Waals surface area contributed by atoms with Crippen LogP contribution in [-0.2, 0) is 16.6 Å². The Balaban J connectivity index is 1.45. The smallest absolute Gasteiger partial charge is 0.251 e. The number of benzene rings is 4. The normalized spacial score (nSPS) is 12.2. The lowest BCUT2D eigenvalue weighted by atomic mass is 10.0. The molecular formula is C29H28N2O3S. The number of sulfonamides is 1. The van der Waals surface area contributed by atoms with Crippen molar-refractivity contribution >= 4 is 15.9 Å². The molecule has 1 atom stereocenters. The molecule has 0 spiro atoms. The van der Waals surface area contributed by atoms with Crippen molar-refractivity contribution in [2.45, 2.75) is 31.3 Å². The lowest BCUT2D eigenvalue weighted by molar-refractivity contribution is 0.0940. The molecule has 0 bridgehead atoms. The summed E-state index contributed by atoms with van der Waals surface area (Å²) in [6, 6.07) is 31.3. The first-order chi connectivity index (χ1) is 16.8. The van der Waals surface area contributed by atoms with Gasteiger partial charge in [-0.2, -0.15) is 0 Å². The van der Waals surface area contributed by atoms with Gasteiger partial charge >= 0.3 is 0 Å². The Kier molecular flexibility index (Phi) is 7.44. The predicted octanol–water partition coefficient (Wildman–Crippen LogP) is 5.63. The lowest BCUT2D eigenvalue weighted by Gasteiger charge is -2.15. The number of carbonyl (C=O) groups is 1. The fourth-order valence-electron chi connectivity index (χ4n) is 3.74. The number of amides is 1. The summed E-state index contributed by atoms with van der Waals surface area (Å²) in [5, 5.41) is 3.04. The largest absolute Gasteiger partial charge is 0.346 e. The van der Waals surface area contributed by atoms with Crippen LogP contribution in [0.5, 0.6) is 0 Å². The molecule has 0 radical (unpaired) electrons. The van der Waals surface area contributed by atoms with Crippen LogP contribution in [-0.4, -0.2) is 14.3 Å². The number of rotatable bonds is 8. The van der Waals surface area contributed by atoms with Gasteiger partial charge in [-0.3, -0.25) is 4.79 Å². The van der Waals surface area contributed by atoms with Gasteiger partial charge in [-0.05, 0) is 60.4 Å². The van der Waals surface area contributed by atoms with Crippen LogP contribution in [0, 0.1) is 6.92 Å². The van der Waals surface area contributed by atoms with E-state index in [9.17, 15) is 13.2 Å². The average Bonchev–Trinajstić information content (AvgIpc) is 2.88. The molecule has 4 aromatic carbocycles. The first kappa shape index (κ1) is 24.4. The van der Waals surface area contributed by atoms with Crippen LogP contribution in [0.15, 0.2) is 108 Å². The van der Waals surface area contributed by atoms with Crippen LogP contribution in [0.2, 0.25) is 0 Å². The lowest BCUT2D eigenvalue weighted by Crippen LogP contribution is -2.26. The summed E-state index contributed by atoms with van der Waals surface area (Å²) >= 11 is 0. The number of hydrogen-bond donors (Lipinski definition) is 2. The van der Waals surface area contributed by atoms with Crippen LogP contribution < -0.4 is 10.0 Å². The zero-order valence-electron chi connectivity index (χ0n) is 19.7. The summed E-state index contributed by atoms with van der Waals surface area (Å²) in [6.45, 7) is 4.21. The highest BCUT2D eigenvalue weighted by Crippen LogP contribution is 2.23. The summed E-state index contributed by atoms with van der Waals surface area (Å²) in [4.78, 5) is 13.0. The maximum absolute atomic E-state index is 12.9. The molecule has 5 nitrogen and oxygen atoms in total. The SMILES string of the molecule is Cc1ccc([C@@H](C)NC(=O)c2cccc(-c3ccc(S(=O)(=O)NCc4ccccc4)cc3)c2)cc1. The van der Waals surface area contributed by atoms with Crippen LogP contribution in [0.25, 0.3) is 11.1 Å². The van der Waals surface area contributed by atoms with Gasteiger partial charge in [0.15, 0.2) is 0 Å². The highest BCUT2D eigenvalue weighted by molar-refractivity contribution is 7.89. The van der Waals surface area contributed by atoms with Gasteiger partial charge in [0, 0.05) is 12.1 Å². The first-order valence-electron chi connectivity index (χ1n) is 11.4. The molecule has 0 aliphatic carbocycles. The fourth-order valence-corrected chi connectivity index (χ4v) is 4.76. The molecule has 4 aromatic rings. The van der Waals surface area contributed by atoms with E-state index in [-0.39, 0.29) is 23.4 Å². The summed E-state index contributed by atoms with van der Waals surface area (Å²) < 4.78 is 28.0. The van der Waals surface area contributed by atoms with E-state index in [2.05, 4.69) is 10.0 Å². The highest BCUT2D eigenvalue weighted by Gasteiger charge is 2.15. The van der Waals surface area contributed by atoms with Gasteiger partial charge in [0.2, 0.25) is 10.0 Å². The van der Waals surface area contributed by atoms with Crippen molar-refractivity contribution in [1.82, 2.24) is 10.0 Å². The molecule has 4 rings (SSSR count). The summed E-state index contributed by atoms with van der Waals surface area (Å²) in [7, 11) is -3.64. The second-order valence-electron chi connectivity index (χ2n) is 8.52. The van der Waals surface area contributed by atoms with Gasteiger partial charge in [-0.25, -0.2) is 13.1 Å². The number of hydrogen-bond acceptors (Lipinski definition) is 3. The number of aryl methyl sites for hydroxylation is 1. The maximum Gasteiger partial charge on any atom is 0.251 e. The second-order valence-corrected chi connectivity index (χ2v) is 10.3. The molecule has 0 heterocycles. The van der Waals surface area contributed by atoms with Crippen molar-refractivity contribution in [2.75, 3.05) is 0 Å². The molecule has 178 valence electrons. The Hall–Kier alpha value is -3.74. The maximum atomic E-state index is 12.9. The Morgan fingerprint density at radius 1 is 0.800 bits per heavy atom. The third-order valence-corrected chi connectivity index (χ3v) is 7.27. The van der Waals surface area contributed by atoms with Crippen molar-refractivity contribution in [1.29, 1.82) is 0 Å². The molecule has 0 aliphatic rings. The van der Waals surface area contributed by atoms with Crippen molar-refractivity contribution in [3.8, 4) is 11.1 Å². The van der Waals surface area contributed by atoms with Crippen molar-refractivity contribution in [3.63, 3.8) is 0 Å². The zero-order valence-corrected chi connectivity index (χ0v) is 20.5. The van der Waals surface area contributed by atoms with Crippen molar-refractivity contribution in [3.05, 3.63) is 125 Å². The Labute approximate surface area is 206 Å². The third-order valence-electron chi connectivity index (χ3n) is 5.86. The minimum Gasteiger partial charge on any atom is -0.346 e. The van der Waals surface area contributed by atoms with E-state index in [4.69, 9.17) is 0 Å². The number of nitrogens with one attached hydrogen (secondary N) is 2. The van der Waals surface area contributed by atoms with Crippen LogP contribution in [0.3, 0.4) is 0 Å². The molecule has 0 fully saturated rings. The van der Waals surface area contributed by atoms with Gasteiger partial charge in [0.25, 0.3) is 5.91 Å². The van der Waals surface area contributed by atoms with E-state index in [1.54, 1.807) is 30.3 Å². The molecule has 35 heavy (non-hydrogen) atoms. The van der Waals surface area contributed by atoms with E-state index < -0.39 is 10.0 Å². The second kappa shape index (κ2) is 10.7. The van der Waals surface area contributed by atoms with E-state index >= 15 is 0 Å². The van der Waals surface area contributed by atoms with Gasteiger partial charge in [-0.15, -0.1) is 0 Å². The Bertz CT molecular complexity index is 1400. The summed E-state index contributed by atoms with van der Waals surface area (Å²) in [6.07, 6.45) is 0. The summed E-state index contributed by atoms with van der Waals surface area (Å²) in [5.41, 5.74) is 5.31. The molecule has 6 heteroatoms. The minimum absolute atomic E-state index is 0.125. The predicted molar refractivity (Wildman–Crippen MR) is 139 cm³/mol. The molecule has 0 aliphatic heterocycles. The van der Waals surface area contributed by atoms with Gasteiger partial charge in [-0.1, -0.05) is 84.4 Å². The molecule has 1 amide bonds. The monoisotopic (exact) mass is 484 g/mol. The van der Waals surface area contributed by atoms with Gasteiger partial charge in [0.05, 0.1) is 10.9 Å². The molecule has 0 saturated heterocycles. The standard InChI is InChI=1S/C29H28N2O3S/c1-21-11-13-24(14-12-21)22(2)31-29(32)27-10-6-9-26(19-27)25-15-17-28(18-16-25)35(33,34)30-20-23-7-4-3-5-8-23/h3-19,22,30H,20H2,1-2H3,(H,31,32)/t22-/m1/s1. The summed E-state index contributed by atoms with van der Waals surface area (Å²) in [5.74, 6) is -0.163. The van der Waals surface area contributed by atoms with Crippen LogP contribution >= 0.6 is 0 Å². The van der Waals surface area contributed by atoms with E-state index in [1.165, 1.54) is 5.56 Å². The van der Waals surface area contributed by atoms with Crippen LogP contribution in [0.4, 0.5) is 0 Å². The molecular weight excluding hydrogens is 456 g/mol. The zero-order chi connectivity index (χ0) is 24.8. The Morgan fingerprint density at radius 3 is 2.17 bits per heavy atom. The third kappa shape index (κ3) is 6.23. The van der Waals surface area contributed by atoms with Crippen LogP contribution in [0.1, 0.15) is 40.0 Å². The quantitative estimate of drug-likeness (QED) is 0.340. The highest BCUT2D eigenvalue weighted by atomic mass is 32.2. The first-order valence-corrected chi connectivity index (χ1v) is 12.9. The van der Waals surface area contributed by atoms with Gasteiger partial charge < -0.3 is 5.32 Å². The van der Waals surface area contributed by atoms with Gasteiger partial charge in [0.1, 0.15) is 0 Å². The van der Waals surface area contributed by atoms with Crippen molar-refractivity contribution in [2.24, 2.45) is 0 Å². The molecule has 0 unspecified atom stereocenters. The van der Waals surface area contributed by atoms with E-state index in [0.717, 1.165) is 22.3 Å². The number of carbonyl (C=O) groups excluding carboxylic acids is 1. The van der Waals surface area contributed by atoms with E-state index in [0.29, 0.717) is 5.56 Å². The molecule has 0 aromatic heterocycles. The Morgan fingerprint density at radius 2 is 1.49 bits per heavy atom. The molecule has 2 N–H and O–H groups in total. The van der Waals surface area contributed by atoms with E-state index in [1.807, 2.05) is 86.6 Å². The molecule has 0 saturated carbocycles. The fraction of sp³-hybridized carbons (Fsp3) is 0.138. The minimum atomic E-state index is -3.64.